The van der Waals surface area contributed by atoms with Crippen LogP contribution >= 0.6 is 34.0 Å². The van der Waals surface area contributed by atoms with Gasteiger partial charge in [-0.3, -0.25) is 9.13 Å². The molecule has 7 aromatic heterocycles. The fraction of sp³-hybridized carbons (Fsp3) is 0. The Hall–Kier alpha value is -9.75. The van der Waals surface area contributed by atoms with Gasteiger partial charge in [-0.15, -0.1) is 34.0 Å². The fourth-order valence-corrected chi connectivity index (χ4v) is 16.7. The second kappa shape index (κ2) is 16.1. The summed E-state index contributed by atoms with van der Waals surface area (Å²) < 4.78 is 26.4. The molecule has 0 N–H and O–H groups in total. The van der Waals surface area contributed by atoms with Gasteiger partial charge in [0.2, 0.25) is 11.4 Å². The van der Waals surface area contributed by atoms with E-state index in [1.54, 1.807) is 22.7 Å². The molecule has 0 unspecified atom stereocenters. The Labute approximate surface area is 461 Å². The maximum Gasteiger partial charge on any atom is 0.213 e. The van der Waals surface area contributed by atoms with E-state index in [1.165, 1.54) is 14.1 Å². The minimum atomic E-state index is 0.547. The Morgan fingerprint density at radius 1 is 0.304 bits per heavy atom. The normalized spacial score (nSPS) is 12.3. The first-order chi connectivity index (χ1) is 39.2. The molecule has 0 saturated heterocycles. The van der Waals surface area contributed by atoms with Gasteiger partial charge in [-0.25, -0.2) is 0 Å². The molecule has 11 aromatic carbocycles. The number of nitriles is 1. The molecule has 0 aliphatic carbocycles. The van der Waals surface area contributed by atoms with E-state index < -0.39 is 0 Å². The molecule has 5 nitrogen and oxygen atoms in total. The van der Waals surface area contributed by atoms with Crippen LogP contribution in [-0.4, -0.2) is 9.13 Å². The van der Waals surface area contributed by atoms with Crippen molar-refractivity contribution in [2.24, 2.45) is 0 Å². The van der Waals surface area contributed by atoms with Crippen LogP contribution in [0.1, 0.15) is 5.56 Å². The number of thiophene rings is 3. The average Bonchev–Trinajstić information content (AvgIpc) is 3.96. The lowest BCUT2D eigenvalue weighted by atomic mass is 9.81. The van der Waals surface area contributed by atoms with E-state index in [0.717, 1.165) is 146 Å². The van der Waals surface area contributed by atoms with Crippen LogP contribution in [0.4, 0.5) is 0 Å². The molecule has 0 amide bonds. The van der Waals surface area contributed by atoms with Gasteiger partial charge in [0.1, 0.15) is 17.2 Å². The summed E-state index contributed by atoms with van der Waals surface area (Å²) in [6, 6.07) is 83.5. The standard InChI is InChI=1S/C71H37N3O2S3/c72-38-49-63(46-25-15-35-57-60(46)43-22-5-12-32-54(43)77-57)68(73-50-28-8-1-18-39(50)65-41-20-3-10-30-52(41)75-70(65)73)67(48-27-17-37-59-62(48)45-24-7-14-34-56(45)79-59)69(64(49)47-26-16-36-58-61(47)44-23-6-13-33-55(44)78-58)74-51-29-9-2-19-40(51)66-42-21-4-11-31-53(42)76-71(66)74/h1-37H. The van der Waals surface area contributed by atoms with E-state index >= 15 is 0 Å². The van der Waals surface area contributed by atoms with Crippen molar-refractivity contribution in [2.45, 2.75) is 0 Å². The van der Waals surface area contributed by atoms with Crippen molar-refractivity contribution >= 4 is 160 Å². The molecule has 366 valence electrons. The Bertz CT molecular complexity index is 5440. The van der Waals surface area contributed by atoms with E-state index in [4.69, 9.17) is 8.83 Å². The zero-order valence-corrected chi connectivity index (χ0v) is 44.2. The number of nitrogens with zero attached hydrogens (tertiary/aromatic N) is 3. The highest BCUT2D eigenvalue weighted by molar-refractivity contribution is 7.26. The van der Waals surface area contributed by atoms with Crippen LogP contribution in [0.25, 0.3) is 171 Å². The molecule has 0 fully saturated rings. The van der Waals surface area contributed by atoms with Gasteiger partial charge < -0.3 is 8.83 Å². The number of hydrogen-bond acceptors (Lipinski definition) is 6. The van der Waals surface area contributed by atoms with E-state index in [1.807, 2.05) is 23.5 Å². The topological polar surface area (TPSA) is 59.9 Å². The summed E-state index contributed by atoms with van der Waals surface area (Å²) >= 11 is 5.39. The molecule has 18 aromatic rings. The van der Waals surface area contributed by atoms with E-state index in [9.17, 15) is 5.26 Å². The lowest BCUT2D eigenvalue weighted by molar-refractivity contribution is 0.644. The average molecular weight is 1060 g/mol. The molecule has 0 bridgehead atoms. The highest BCUT2D eigenvalue weighted by atomic mass is 32.1. The van der Waals surface area contributed by atoms with Crippen LogP contribution in [0.15, 0.2) is 233 Å². The van der Waals surface area contributed by atoms with Crippen molar-refractivity contribution in [3.63, 3.8) is 0 Å². The number of rotatable bonds is 5. The molecule has 8 heteroatoms. The first-order valence-corrected chi connectivity index (χ1v) is 28.8. The summed E-state index contributed by atoms with van der Waals surface area (Å²) in [5, 5.41) is 26.0. The van der Waals surface area contributed by atoms with Crippen LogP contribution < -0.4 is 0 Å². The minimum absolute atomic E-state index is 0.547. The third kappa shape index (κ3) is 5.80. The highest BCUT2D eigenvalue weighted by Crippen LogP contribution is 2.58. The van der Waals surface area contributed by atoms with Crippen molar-refractivity contribution in [3.8, 4) is 50.8 Å². The van der Waals surface area contributed by atoms with Crippen molar-refractivity contribution in [1.82, 2.24) is 9.13 Å². The second-order valence-corrected chi connectivity index (χ2v) is 23.7. The molecular weight excluding hydrogens is 1020 g/mol. The summed E-state index contributed by atoms with van der Waals surface area (Å²) in [5.74, 6) is 0. The summed E-state index contributed by atoms with van der Waals surface area (Å²) in [4.78, 5) is 0. The number of furan rings is 2. The van der Waals surface area contributed by atoms with Gasteiger partial charge in [0.05, 0.1) is 38.7 Å². The summed E-state index contributed by atoms with van der Waals surface area (Å²) in [6.45, 7) is 0. The Morgan fingerprint density at radius 3 is 1.04 bits per heavy atom. The number of hydrogen-bond donors (Lipinski definition) is 0. The Morgan fingerprint density at radius 2 is 0.633 bits per heavy atom. The monoisotopic (exact) mass is 1060 g/mol. The maximum atomic E-state index is 13.0. The zero-order valence-electron chi connectivity index (χ0n) is 41.7. The number of aromatic nitrogens is 2. The molecular formula is C71H37N3O2S3. The summed E-state index contributed by atoms with van der Waals surface area (Å²) in [7, 11) is 0. The predicted octanol–water partition coefficient (Wildman–Crippen LogP) is 21.3. The first-order valence-electron chi connectivity index (χ1n) is 26.4. The highest BCUT2D eigenvalue weighted by Gasteiger charge is 2.36. The van der Waals surface area contributed by atoms with Crippen molar-refractivity contribution in [2.75, 3.05) is 0 Å². The third-order valence-electron chi connectivity index (χ3n) is 16.4. The minimum Gasteiger partial charge on any atom is -0.439 e. The van der Waals surface area contributed by atoms with Gasteiger partial charge in [0, 0.05) is 98.8 Å². The molecule has 7 heterocycles. The summed E-state index contributed by atoms with van der Waals surface area (Å²) in [6.07, 6.45) is 0. The van der Waals surface area contributed by atoms with Crippen LogP contribution in [-0.2, 0) is 0 Å². The van der Waals surface area contributed by atoms with Crippen LogP contribution in [0.5, 0.6) is 0 Å². The molecule has 0 aliphatic heterocycles. The second-order valence-electron chi connectivity index (χ2n) is 20.4. The van der Waals surface area contributed by atoms with Crippen LogP contribution in [0.3, 0.4) is 0 Å². The van der Waals surface area contributed by atoms with E-state index in [0.29, 0.717) is 17.0 Å². The molecule has 0 radical (unpaired) electrons. The van der Waals surface area contributed by atoms with Crippen LogP contribution in [0.2, 0.25) is 0 Å². The van der Waals surface area contributed by atoms with Crippen molar-refractivity contribution in [3.05, 3.63) is 230 Å². The quantitative estimate of drug-likeness (QED) is 0.173. The first kappa shape index (κ1) is 43.4. The number of benzene rings is 11. The lowest BCUT2D eigenvalue weighted by Crippen LogP contribution is -2.11. The van der Waals surface area contributed by atoms with Crippen LogP contribution in [0, 0.1) is 11.3 Å². The molecule has 79 heavy (non-hydrogen) atoms. The molecule has 0 saturated carbocycles. The molecule has 0 aliphatic rings. The van der Waals surface area contributed by atoms with E-state index in [2.05, 4.69) is 228 Å². The lowest BCUT2D eigenvalue weighted by Gasteiger charge is -2.28. The van der Waals surface area contributed by atoms with Gasteiger partial charge in [-0.05, 0) is 77.4 Å². The Kier molecular flexibility index (Phi) is 8.86. The smallest absolute Gasteiger partial charge is 0.213 e. The molecule has 0 atom stereocenters. The van der Waals surface area contributed by atoms with Gasteiger partial charge in [0.15, 0.2) is 0 Å². The van der Waals surface area contributed by atoms with Gasteiger partial charge in [0.25, 0.3) is 0 Å². The SMILES string of the molecule is N#Cc1c(-c2cccc3sc4ccccc4c23)c(-n2c3ccccc3c3c4ccccc4oc32)c(-c2cccc3sc4ccccc4c23)c(-n2c3ccccc3c3c4ccccc4oc32)c1-c1cccc2sc3ccccc3c12. The molecule has 18 rings (SSSR count). The number of para-hydroxylation sites is 4. The van der Waals surface area contributed by atoms with Gasteiger partial charge in [-0.2, -0.15) is 5.26 Å². The molecule has 0 spiro atoms. The van der Waals surface area contributed by atoms with Gasteiger partial charge >= 0.3 is 0 Å². The zero-order chi connectivity index (χ0) is 51.6. The van der Waals surface area contributed by atoms with Gasteiger partial charge in [-0.1, -0.05) is 164 Å². The number of fused-ring (bicyclic) bond motifs is 19. The maximum absolute atomic E-state index is 13.0. The summed E-state index contributed by atoms with van der Waals surface area (Å²) in [5.41, 5.74) is 12.7. The predicted molar refractivity (Wildman–Crippen MR) is 334 cm³/mol. The van der Waals surface area contributed by atoms with Crippen molar-refractivity contribution in [1.29, 1.82) is 5.26 Å². The van der Waals surface area contributed by atoms with Crippen molar-refractivity contribution < 1.29 is 8.83 Å². The fourth-order valence-electron chi connectivity index (χ4n) is 13.3. The van der Waals surface area contributed by atoms with E-state index in [-0.39, 0.29) is 0 Å². The Balaban J connectivity index is 1.21. The largest absolute Gasteiger partial charge is 0.439 e. The third-order valence-corrected chi connectivity index (χ3v) is 19.8.